The number of hydrogen-bond acceptors (Lipinski definition) is 3. The van der Waals surface area contributed by atoms with Crippen molar-refractivity contribution < 1.29 is 9.53 Å². The number of carbonyl (C=O) groups excluding carboxylic acids is 1. The Morgan fingerprint density at radius 3 is 2.48 bits per heavy atom. The van der Waals surface area contributed by atoms with E-state index in [1.165, 1.54) is 23.8 Å². The molecule has 0 radical (unpaired) electrons. The zero-order valence-electron chi connectivity index (χ0n) is 13.0. The molecule has 0 saturated heterocycles. The number of nitrogens with zero attached hydrogens (tertiary/aromatic N) is 1. The molecule has 0 aliphatic heterocycles. The number of ether oxygens (including phenoxy) is 1. The molecule has 3 heteroatoms. The number of hydrogen-bond donors (Lipinski definition) is 0. The second-order valence-electron chi connectivity index (χ2n) is 5.39. The van der Waals surface area contributed by atoms with Gasteiger partial charge in [0.15, 0.2) is 0 Å². The molecule has 1 heterocycles. The van der Waals surface area contributed by atoms with E-state index >= 15 is 0 Å². The Morgan fingerprint density at radius 1 is 1.19 bits per heavy atom. The van der Waals surface area contributed by atoms with Crippen LogP contribution in [0.4, 0.5) is 0 Å². The third-order valence-electron chi connectivity index (χ3n) is 3.87. The van der Waals surface area contributed by atoms with Crippen LogP contribution in [-0.2, 0) is 16.0 Å². The molecule has 0 N–H and O–H groups in total. The molecule has 110 valence electrons. The normalized spacial score (nSPS) is 12.0. The van der Waals surface area contributed by atoms with Crippen molar-refractivity contribution >= 4 is 5.97 Å². The quantitative estimate of drug-likeness (QED) is 0.803. The molecule has 0 bridgehead atoms. The van der Waals surface area contributed by atoms with Crippen LogP contribution in [-0.4, -0.2) is 18.1 Å². The Kier molecular flexibility index (Phi) is 4.73. The molecule has 21 heavy (non-hydrogen) atoms. The van der Waals surface area contributed by atoms with E-state index in [2.05, 4.69) is 36.2 Å². The maximum Gasteiger partial charge on any atom is 0.308 e. The van der Waals surface area contributed by atoms with Crippen molar-refractivity contribution in [2.24, 2.45) is 5.92 Å². The average molecular weight is 283 g/mol. The molecule has 1 atom stereocenters. The molecule has 1 aromatic heterocycles. The van der Waals surface area contributed by atoms with Crippen molar-refractivity contribution in [3.63, 3.8) is 0 Å². The van der Waals surface area contributed by atoms with Gasteiger partial charge in [-0.05, 0) is 48.6 Å². The first-order valence-electron chi connectivity index (χ1n) is 7.12. The summed E-state index contributed by atoms with van der Waals surface area (Å²) in [6.07, 6.45) is 2.53. The van der Waals surface area contributed by atoms with E-state index in [0.717, 1.165) is 11.3 Å². The second-order valence-corrected chi connectivity index (χ2v) is 5.39. The minimum Gasteiger partial charge on any atom is -0.469 e. The largest absolute Gasteiger partial charge is 0.469 e. The van der Waals surface area contributed by atoms with Crippen molar-refractivity contribution in [3.8, 4) is 11.1 Å². The van der Waals surface area contributed by atoms with Crippen LogP contribution < -0.4 is 0 Å². The fourth-order valence-electron chi connectivity index (χ4n) is 2.41. The van der Waals surface area contributed by atoms with Gasteiger partial charge in [0.25, 0.3) is 0 Å². The summed E-state index contributed by atoms with van der Waals surface area (Å²) >= 11 is 0. The third-order valence-corrected chi connectivity index (χ3v) is 3.87. The zero-order valence-corrected chi connectivity index (χ0v) is 13.0. The van der Waals surface area contributed by atoms with Crippen LogP contribution in [0.1, 0.15) is 23.7 Å². The molecule has 0 saturated carbocycles. The van der Waals surface area contributed by atoms with Crippen LogP contribution >= 0.6 is 0 Å². The van der Waals surface area contributed by atoms with Gasteiger partial charge in [0.1, 0.15) is 0 Å². The molecule has 2 aromatic rings. The van der Waals surface area contributed by atoms with E-state index in [-0.39, 0.29) is 11.9 Å². The summed E-state index contributed by atoms with van der Waals surface area (Å²) in [4.78, 5) is 15.8. The number of pyridine rings is 1. The number of benzene rings is 1. The number of esters is 1. The third kappa shape index (κ3) is 3.48. The van der Waals surface area contributed by atoms with Gasteiger partial charge in [-0.3, -0.25) is 9.78 Å². The van der Waals surface area contributed by atoms with Crippen molar-refractivity contribution in [1.82, 2.24) is 4.98 Å². The first-order valence-corrected chi connectivity index (χ1v) is 7.12. The highest BCUT2D eigenvalue weighted by atomic mass is 16.5. The molecule has 0 aliphatic carbocycles. The van der Waals surface area contributed by atoms with Crippen LogP contribution in [0.15, 0.2) is 36.5 Å². The van der Waals surface area contributed by atoms with Crippen molar-refractivity contribution in [2.45, 2.75) is 27.2 Å². The number of carbonyl (C=O) groups is 1. The lowest BCUT2D eigenvalue weighted by Gasteiger charge is -2.11. The van der Waals surface area contributed by atoms with Crippen LogP contribution in [0.25, 0.3) is 11.1 Å². The van der Waals surface area contributed by atoms with Crippen LogP contribution in [0.2, 0.25) is 0 Å². The fraction of sp³-hybridized carbons (Fsp3) is 0.333. The Hall–Kier alpha value is -2.16. The van der Waals surface area contributed by atoms with E-state index in [9.17, 15) is 4.79 Å². The minimum atomic E-state index is -0.167. The molecule has 2 rings (SSSR count). The molecule has 1 aromatic carbocycles. The van der Waals surface area contributed by atoms with Gasteiger partial charge in [0, 0.05) is 11.9 Å². The Bertz CT molecular complexity index is 632. The topological polar surface area (TPSA) is 39.2 Å². The van der Waals surface area contributed by atoms with Crippen molar-refractivity contribution in [2.75, 3.05) is 7.11 Å². The van der Waals surface area contributed by atoms with E-state index in [1.54, 1.807) is 0 Å². The maximum atomic E-state index is 11.5. The smallest absolute Gasteiger partial charge is 0.308 e. The highest BCUT2D eigenvalue weighted by Crippen LogP contribution is 2.25. The van der Waals surface area contributed by atoms with Gasteiger partial charge in [-0.2, -0.15) is 0 Å². The van der Waals surface area contributed by atoms with Gasteiger partial charge in [0.2, 0.25) is 0 Å². The summed E-state index contributed by atoms with van der Waals surface area (Å²) in [6, 6.07) is 10.4. The highest BCUT2D eigenvalue weighted by molar-refractivity contribution is 5.72. The predicted octanol–water partition coefficient (Wildman–Crippen LogP) is 3.72. The molecule has 0 unspecified atom stereocenters. The SMILES string of the molecule is COC(=O)[C@@H](C)Cc1ccc(-c2ccnc(C)c2C)cc1. The van der Waals surface area contributed by atoms with Gasteiger partial charge in [-0.15, -0.1) is 0 Å². The summed E-state index contributed by atoms with van der Waals surface area (Å²) in [6.45, 7) is 5.99. The van der Waals surface area contributed by atoms with Gasteiger partial charge in [-0.25, -0.2) is 0 Å². The van der Waals surface area contributed by atoms with Crippen molar-refractivity contribution in [3.05, 3.63) is 53.3 Å². The number of methoxy groups -OCH3 is 1. The van der Waals surface area contributed by atoms with E-state index < -0.39 is 0 Å². The number of aryl methyl sites for hydroxylation is 1. The van der Waals surface area contributed by atoms with Gasteiger partial charge >= 0.3 is 5.97 Å². The number of aromatic nitrogens is 1. The van der Waals surface area contributed by atoms with Crippen LogP contribution in [0, 0.1) is 19.8 Å². The summed E-state index contributed by atoms with van der Waals surface area (Å²) in [5.74, 6) is -0.287. The molecule has 0 spiro atoms. The summed E-state index contributed by atoms with van der Waals surface area (Å²) in [5.41, 5.74) is 5.77. The first kappa shape index (κ1) is 15.2. The fourth-order valence-corrected chi connectivity index (χ4v) is 2.41. The van der Waals surface area contributed by atoms with Gasteiger partial charge in [0.05, 0.1) is 13.0 Å². The van der Waals surface area contributed by atoms with E-state index in [1.807, 2.05) is 26.1 Å². The zero-order chi connectivity index (χ0) is 15.4. The van der Waals surface area contributed by atoms with Crippen molar-refractivity contribution in [1.29, 1.82) is 0 Å². The van der Waals surface area contributed by atoms with E-state index in [0.29, 0.717) is 6.42 Å². The average Bonchev–Trinajstić information content (AvgIpc) is 2.50. The molecular formula is C18H21NO2. The molecule has 0 fully saturated rings. The van der Waals surface area contributed by atoms with Crippen LogP contribution in [0.5, 0.6) is 0 Å². The van der Waals surface area contributed by atoms with Crippen LogP contribution in [0.3, 0.4) is 0 Å². The first-order chi connectivity index (χ1) is 10.0. The lowest BCUT2D eigenvalue weighted by atomic mass is 9.96. The Labute approximate surface area is 126 Å². The minimum absolute atomic E-state index is 0.120. The lowest BCUT2D eigenvalue weighted by Crippen LogP contribution is -2.14. The summed E-state index contributed by atoms with van der Waals surface area (Å²) < 4.78 is 4.76. The second kappa shape index (κ2) is 6.53. The maximum absolute atomic E-state index is 11.5. The number of rotatable bonds is 4. The Balaban J connectivity index is 2.19. The molecule has 0 amide bonds. The Morgan fingerprint density at radius 2 is 1.86 bits per heavy atom. The van der Waals surface area contributed by atoms with Gasteiger partial charge in [-0.1, -0.05) is 31.2 Å². The molecule has 3 nitrogen and oxygen atoms in total. The molecule has 0 aliphatic rings. The standard InChI is InChI=1S/C18H21NO2/c1-12(18(20)21-4)11-15-5-7-16(8-6-15)17-9-10-19-14(3)13(17)2/h5-10,12H,11H2,1-4H3/t12-/m0/s1. The predicted molar refractivity (Wildman–Crippen MR) is 84.0 cm³/mol. The summed E-state index contributed by atoms with van der Waals surface area (Å²) in [7, 11) is 1.43. The van der Waals surface area contributed by atoms with E-state index in [4.69, 9.17) is 4.74 Å². The molecular weight excluding hydrogens is 262 g/mol. The lowest BCUT2D eigenvalue weighted by molar-refractivity contribution is -0.144. The summed E-state index contributed by atoms with van der Waals surface area (Å²) in [5, 5.41) is 0. The van der Waals surface area contributed by atoms with Gasteiger partial charge < -0.3 is 4.74 Å². The highest BCUT2D eigenvalue weighted by Gasteiger charge is 2.13. The monoisotopic (exact) mass is 283 g/mol.